The molecule has 1 aliphatic heterocycles. The second-order valence-electron chi connectivity index (χ2n) is 7.36. The van der Waals surface area contributed by atoms with Gasteiger partial charge in [0.2, 0.25) is 0 Å². The van der Waals surface area contributed by atoms with E-state index in [-0.39, 0.29) is 11.4 Å². The van der Waals surface area contributed by atoms with Crippen LogP contribution in [0.4, 0.5) is 10.5 Å². The van der Waals surface area contributed by atoms with Gasteiger partial charge in [-0.1, -0.05) is 61.8 Å². The molecular weight excluding hydrogens is 346 g/mol. The predicted molar refractivity (Wildman–Crippen MR) is 108 cm³/mol. The maximum absolute atomic E-state index is 12.5. The average molecular weight is 372 g/mol. The van der Waals surface area contributed by atoms with E-state index in [1.54, 1.807) is 0 Å². The number of hydrogen-bond donors (Lipinski definition) is 1. The Labute approximate surface area is 160 Å². The van der Waals surface area contributed by atoms with E-state index in [1.807, 2.05) is 41.3 Å². The largest absolute Gasteiger partial charge is 0.368 e. The summed E-state index contributed by atoms with van der Waals surface area (Å²) in [6.45, 7) is 7.98. The second kappa shape index (κ2) is 8.00. The first kappa shape index (κ1) is 18.6. The monoisotopic (exact) mass is 371 g/mol. The van der Waals surface area contributed by atoms with Crippen LogP contribution in [0.1, 0.15) is 19.4 Å². The Morgan fingerprint density at radius 2 is 1.73 bits per heavy atom. The normalized spacial score (nSPS) is 15.0. The van der Waals surface area contributed by atoms with E-state index in [0.29, 0.717) is 19.6 Å². The third-order valence-corrected chi connectivity index (χ3v) is 5.21. The molecule has 1 aliphatic rings. The molecule has 4 nitrogen and oxygen atoms in total. The molecule has 0 unspecified atom stereocenters. The predicted octanol–water partition coefficient (Wildman–Crippen LogP) is 4.15. The minimum Gasteiger partial charge on any atom is -0.368 e. The molecule has 0 aromatic heterocycles. The fourth-order valence-electron chi connectivity index (χ4n) is 3.24. The molecular formula is C21H26ClN3O. The van der Waals surface area contributed by atoms with Crippen LogP contribution < -0.4 is 10.2 Å². The second-order valence-corrected chi connectivity index (χ2v) is 7.80. The van der Waals surface area contributed by atoms with E-state index in [4.69, 9.17) is 11.6 Å². The van der Waals surface area contributed by atoms with Crippen molar-refractivity contribution in [3.05, 3.63) is 65.2 Å². The zero-order valence-electron chi connectivity index (χ0n) is 15.4. The van der Waals surface area contributed by atoms with E-state index in [0.717, 1.165) is 23.8 Å². The summed E-state index contributed by atoms with van der Waals surface area (Å²) in [5.74, 6) is 0. The lowest BCUT2D eigenvalue weighted by Gasteiger charge is -2.37. The molecule has 0 aliphatic carbocycles. The van der Waals surface area contributed by atoms with Gasteiger partial charge in [-0.3, -0.25) is 0 Å². The summed E-state index contributed by atoms with van der Waals surface area (Å²) in [6.07, 6.45) is 0. The molecule has 1 fully saturated rings. The Kier molecular flexibility index (Phi) is 5.72. The van der Waals surface area contributed by atoms with Crippen molar-refractivity contribution in [3.63, 3.8) is 0 Å². The van der Waals surface area contributed by atoms with Crippen LogP contribution in [0, 0.1) is 0 Å². The van der Waals surface area contributed by atoms with Gasteiger partial charge in [-0.25, -0.2) is 4.79 Å². The van der Waals surface area contributed by atoms with Gasteiger partial charge in [-0.15, -0.1) is 0 Å². The number of piperazine rings is 1. The van der Waals surface area contributed by atoms with E-state index in [2.05, 4.69) is 42.3 Å². The first-order valence-corrected chi connectivity index (χ1v) is 9.42. The molecule has 138 valence electrons. The van der Waals surface area contributed by atoms with Crippen LogP contribution in [-0.2, 0) is 5.41 Å². The molecule has 26 heavy (non-hydrogen) atoms. The quantitative estimate of drug-likeness (QED) is 0.876. The minimum absolute atomic E-state index is 0.0137. The number of nitrogens with one attached hydrogen (secondary N) is 1. The molecule has 1 saturated heterocycles. The van der Waals surface area contributed by atoms with Gasteiger partial charge in [-0.2, -0.15) is 0 Å². The van der Waals surface area contributed by atoms with Crippen molar-refractivity contribution in [1.82, 2.24) is 10.2 Å². The Morgan fingerprint density at radius 3 is 2.38 bits per heavy atom. The fourth-order valence-corrected chi connectivity index (χ4v) is 3.42. The van der Waals surface area contributed by atoms with Crippen LogP contribution in [0.15, 0.2) is 54.6 Å². The molecule has 0 bridgehead atoms. The number of nitrogens with zero attached hydrogens (tertiary/aromatic N) is 2. The lowest BCUT2D eigenvalue weighted by molar-refractivity contribution is 0.192. The number of carbonyl (C=O) groups is 1. The van der Waals surface area contributed by atoms with Crippen molar-refractivity contribution in [2.75, 3.05) is 37.6 Å². The first-order chi connectivity index (χ1) is 12.5. The van der Waals surface area contributed by atoms with Gasteiger partial charge in [-0.05, 0) is 23.8 Å². The number of rotatable bonds is 4. The molecule has 5 heteroatoms. The summed E-state index contributed by atoms with van der Waals surface area (Å²) >= 11 is 6.08. The number of hydrogen-bond acceptors (Lipinski definition) is 2. The highest BCUT2D eigenvalue weighted by atomic mass is 35.5. The molecule has 2 aromatic rings. The topological polar surface area (TPSA) is 35.6 Å². The smallest absolute Gasteiger partial charge is 0.317 e. The lowest BCUT2D eigenvalue weighted by Crippen LogP contribution is -2.53. The summed E-state index contributed by atoms with van der Waals surface area (Å²) in [5, 5.41) is 3.84. The summed E-state index contributed by atoms with van der Waals surface area (Å²) in [6, 6.07) is 18.2. The van der Waals surface area contributed by atoms with E-state index in [1.165, 1.54) is 5.56 Å². The lowest BCUT2D eigenvalue weighted by atomic mass is 9.85. The number of benzene rings is 2. The van der Waals surface area contributed by atoms with Gasteiger partial charge in [0.15, 0.2) is 0 Å². The highest BCUT2D eigenvalue weighted by Crippen LogP contribution is 2.23. The Hall–Kier alpha value is -2.20. The van der Waals surface area contributed by atoms with Gasteiger partial charge in [0.25, 0.3) is 0 Å². The molecule has 0 radical (unpaired) electrons. The van der Waals surface area contributed by atoms with Crippen LogP contribution in [0.2, 0.25) is 5.02 Å². The first-order valence-electron chi connectivity index (χ1n) is 9.04. The molecule has 2 aromatic carbocycles. The van der Waals surface area contributed by atoms with Crippen LogP contribution in [-0.4, -0.2) is 43.7 Å². The Morgan fingerprint density at radius 1 is 1.04 bits per heavy atom. The van der Waals surface area contributed by atoms with Gasteiger partial charge in [0.05, 0.1) is 0 Å². The van der Waals surface area contributed by atoms with Gasteiger partial charge >= 0.3 is 6.03 Å². The summed E-state index contributed by atoms with van der Waals surface area (Å²) in [7, 11) is 0. The van der Waals surface area contributed by atoms with E-state index in [9.17, 15) is 4.79 Å². The number of urea groups is 1. The van der Waals surface area contributed by atoms with Crippen LogP contribution in [0.5, 0.6) is 0 Å². The number of anilines is 1. The minimum atomic E-state index is -0.0977. The maximum atomic E-state index is 12.5. The van der Waals surface area contributed by atoms with Crippen molar-refractivity contribution >= 4 is 23.3 Å². The van der Waals surface area contributed by atoms with Crippen molar-refractivity contribution in [2.24, 2.45) is 0 Å². The zero-order valence-corrected chi connectivity index (χ0v) is 16.2. The number of halogens is 1. The van der Waals surface area contributed by atoms with Crippen molar-refractivity contribution < 1.29 is 4.79 Å². The zero-order chi connectivity index (χ0) is 18.6. The molecule has 0 spiro atoms. The summed E-state index contributed by atoms with van der Waals surface area (Å²) < 4.78 is 0. The van der Waals surface area contributed by atoms with Crippen molar-refractivity contribution in [3.8, 4) is 0 Å². The molecule has 1 N–H and O–H groups in total. The number of amides is 2. The highest BCUT2D eigenvalue weighted by Gasteiger charge is 2.25. The van der Waals surface area contributed by atoms with Gasteiger partial charge in [0, 0.05) is 48.8 Å². The Bertz CT molecular complexity index is 740. The fraction of sp³-hybridized carbons (Fsp3) is 0.381. The van der Waals surface area contributed by atoms with E-state index < -0.39 is 0 Å². The van der Waals surface area contributed by atoms with Crippen LogP contribution >= 0.6 is 11.6 Å². The average Bonchev–Trinajstić information content (AvgIpc) is 2.67. The number of carbonyl (C=O) groups excluding carboxylic acids is 1. The molecule has 3 rings (SSSR count). The van der Waals surface area contributed by atoms with Crippen molar-refractivity contribution in [2.45, 2.75) is 19.3 Å². The standard InChI is InChI=1S/C21H26ClN3O/c1-21(2,17-7-4-3-5-8-17)16-23-20(26)25-13-11-24(12-14-25)19-10-6-9-18(22)15-19/h3-10,15H,11-14,16H2,1-2H3,(H,23,26). The highest BCUT2D eigenvalue weighted by molar-refractivity contribution is 6.30. The van der Waals surface area contributed by atoms with Gasteiger partial charge in [0.1, 0.15) is 0 Å². The molecule has 0 atom stereocenters. The Balaban J connectivity index is 1.51. The third kappa shape index (κ3) is 4.50. The third-order valence-electron chi connectivity index (χ3n) is 4.98. The van der Waals surface area contributed by atoms with Crippen molar-refractivity contribution in [1.29, 1.82) is 0 Å². The summed E-state index contributed by atoms with van der Waals surface area (Å²) in [4.78, 5) is 16.7. The maximum Gasteiger partial charge on any atom is 0.317 e. The SMILES string of the molecule is CC(C)(CNC(=O)N1CCN(c2cccc(Cl)c2)CC1)c1ccccc1. The molecule has 0 saturated carbocycles. The molecule has 1 heterocycles. The van der Waals surface area contributed by atoms with Crippen LogP contribution in [0.25, 0.3) is 0 Å². The molecule has 2 amide bonds. The summed E-state index contributed by atoms with van der Waals surface area (Å²) in [5.41, 5.74) is 2.24. The van der Waals surface area contributed by atoms with Crippen LogP contribution in [0.3, 0.4) is 0 Å². The van der Waals surface area contributed by atoms with Gasteiger partial charge < -0.3 is 15.1 Å². The van der Waals surface area contributed by atoms with E-state index >= 15 is 0 Å².